The molecule has 0 spiro atoms. The Labute approximate surface area is 101 Å². The first-order valence-electron chi connectivity index (χ1n) is 5.86. The lowest BCUT2D eigenvalue weighted by Gasteiger charge is -2.04. The van der Waals surface area contributed by atoms with Gasteiger partial charge < -0.3 is 20.8 Å². The molecule has 0 aliphatic carbocycles. The number of nitrogens with zero attached hydrogens (tertiary/aromatic N) is 1. The van der Waals surface area contributed by atoms with Crippen molar-refractivity contribution >= 4 is 10.9 Å². The van der Waals surface area contributed by atoms with E-state index in [0.29, 0.717) is 13.1 Å². The summed E-state index contributed by atoms with van der Waals surface area (Å²) in [6.45, 7) is 2.12. The molecule has 4 heteroatoms. The maximum Gasteiger partial charge on any atom is 0.119 e. The standard InChI is InChI=1S/C13H19N3O/c1-17-11-2-3-13-12(8-11)10(4-5-14)9-16(13)7-6-15/h2-3,8-9H,4-7,14-15H2,1H3. The highest BCUT2D eigenvalue weighted by atomic mass is 16.5. The van der Waals surface area contributed by atoms with Crippen molar-refractivity contribution in [1.29, 1.82) is 0 Å². The molecule has 17 heavy (non-hydrogen) atoms. The second-order valence-corrected chi connectivity index (χ2v) is 4.06. The average molecular weight is 233 g/mol. The molecule has 4 N–H and O–H groups in total. The van der Waals surface area contributed by atoms with Crippen molar-refractivity contribution in [1.82, 2.24) is 4.57 Å². The highest BCUT2D eigenvalue weighted by Gasteiger charge is 2.08. The summed E-state index contributed by atoms with van der Waals surface area (Å²) in [5.74, 6) is 0.876. The number of nitrogens with two attached hydrogens (primary N) is 2. The quantitative estimate of drug-likeness (QED) is 0.813. The van der Waals surface area contributed by atoms with Gasteiger partial charge in [-0.3, -0.25) is 0 Å². The lowest BCUT2D eigenvalue weighted by atomic mass is 10.1. The first-order valence-corrected chi connectivity index (χ1v) is 5.86. The zero-order chi connectivity index (χ0) is 12.3. The molecule has 0 atom stereocenters. The molecule has 0 saturated heterocycles. The fourth-order valence-corrected chi connectivity index (χ4v) is 2.16. The van der Waals surface area contributed by atoms with Crippen molar-refractivity contribution in [3.63, 3.8) is 0 Å². The third kappa shape index (κ3) is 2.28. The molecule has 0 bridgehead atoms. The number of ether oxygens (including phenoxy) is 1. The molecule has 1 aromatic heterocycles. The van der Waals surface area contributed by atoms with Crippen LogP contribution in [0.2, 0.25) is 0 Å². The molecule has 1 aromatic carbocycles. The number of benzene rings is 1. The van der Waals surface area contributed by atoms with E-state index in [4.69, 9.17) is 16.2 Å². The highest BCUT2D eigenvalue weighted by Crippen LogP contribution is 2.26. The summed E-state index contributed by atoms with van der Waals surface area (Å²) in [6, 6.07) is 6.11. The Morgan fingerprint density at radius 2 is 2.06 bits per heavy atom. The van der Waals surface area contributed by atoms with Crippen LogP contribution in [0.25, 0.3) is 10.9 Å². The van der Waals surface area contributed by atoms with Gasteiger partial charge in [-0.05, 0) is 36.7 Å². The van der Waals surface area contributed by atoms with E-state index in [-0.39, 0.29) is 0 Å². The Morgan fingerprint density at radius 3 is 2.71 bits per heavy atom. The summed E-state index contributed by atoms with van der Waals surface area (Å²) < 4.78 is 7.44. The van der Waals surface area contributed by atoms with Gasteiger partial charge in [-0.1, -0.05) is 0 Å². The van der Waals surface area contributed by atoms with Crippen LogP contribution >= 0.6 is 0 Å². The summed E-state index contributed by atoms with van der Waals surface area (Å²) in [5, 5.41) is 1.21. The molecule has 0 unspecified atom stereocenters. The van der Waals surface area contributed by atoms with E-state index in [0.717, 1.165) is 18.7 Å². The van der Waals surface area contributed by atoms with Crippen molar-refractivity contribution in [2.75, 3.05) is 20.2 Å². The fourth-order valence-electron chi connectivity index (χ4n) is 2.16. The van der Waals surface area contributed by atoms with Gasteiger partial charge in [-0.25, -0.2) is 0 Å². The topological polar surface area (TPSA) is 66.2 Å². The molecule has 0 fully saturated rings. The van der Waals surface area contributed by atoms with Gasteiger partial charge in [-0.2, -0.15) is 0 Å². The largest absolute Gasteiger partial charge is 0.497 e. The lowest BCUT2D eigenvalue weighted by molar-refractivity contribution is 0.415. The zero-order valence-corrected chi connectivity index (χ0v) is 10.1. The maximum atomic E-state index is 5.64. The van der Waals surface area contributed by atoms with Gasteiger partial charge in [0, 0.05) is 30.2 Å². The molecule has 0 radical (unpaired) electrons. The monoisotopic (exact) mass is 233 g/mol. The van der Waals surface area contributed by atoms with Crippen LogP contribution in [-0.2, 0) is 13.0 Å². The molecule has 92 valence electrons. The first-order chi connectivity index (χ1) is 8.30. The number of hydrogen-bond acceptors (Lipinski definition) is 3. The van der Waals surface area contributed by atoms with E-state index in [1.807, 2.05) is 6.07 Å². The number of rotatable bonds is 5. The molecule has 4 nitrogen and oxygen atoms in total. The minimum atomic E-state index is 0.637. The van der Waals surface area contributed by atoms with Crippen LogP contribution in [0.5, 0.6) is 5.75 Å². The second kappa shape index (κ2) is 5.21. The van der Waals surface area contributed by atoms with Crippen LogP contribution in [-0.4, -0.2) is 24.8 Å². The normalized spacial score (nSPS) is 11.0. The first kappa shape index (κ1) is 12.0. The summed E-state index contributed by atoms with van der Waals surface area (Å²) in [5.41, 5.74) is 13.7. The van der Waals surface area contributed by atoms with Crippen molar-refractivity contribution in [2.45, 2.75) is 13.0 Å². The van der Waals surface area contributed by atoms with Crippen molar-refractivity contribution in [3.8, 4) is 5.75 Å². The van der Waals surface area contributed by atoms with Gasteiger partial charge in [0.25, 0.3) is 0 Å². The van der Waals surface area contributed by atoms with Crippen LogP contribution in [0, 0.1) is 0 Å². The van der Waals surface area contributed by atoms with E-state index in [2.05, 4.69) is 22.9 Å². The minimum Gasteiger partial charge on any atom is -0.497 e. The van der Waals surface area contributed by atoms with Crippen LogP contribution in [0.4, 0.5) is 0 Å². The lowest BCUT2D eigenvalue weighted by Crippen LogP contribution is -2.08. The minimum absolute atomic E-state index is 0.637. The zero-order valence-electron chi connectivity index (χ0n) is 10.1. The van der Waals surface area contributed by atoms with E-state index in [9.17, 15) is 0 Å². The Kier molecular flexibility index (Phi) is 3.66. The molecule has 2 rings (SSSR count). The Bertz CT molecular complexity index is 505. The molecule has 0 aliphatic heterocycles. The van der Waals surface area contributed by atoms with Crippen LogP contribution in [0.15, 0.2) is 24.4 Å². The smallest absolute Gasteiger partial charge is 0.119 e. The molecule has 2 aromatic rings. The predicted molar refractivity (Wildman–Crippen MR) is 70.3 cm³/mol. The van der Waals surface area contributed by atoms with Crippen LogP contribution in [0.1, 0.15) is 5.56 Å². The van der Waals surface area contributed by atoms with Gasteiger partial charge in [0.15, 0.2) is 0 Å². The Morgan fingerprint density at radius 1 is 1.24 bits per heavy atom. The van der Waals surface area contributed by atoms with Crippen LogP contribution < -0.4 is 16.2 Å². The molecular formula is C13H19N3O. The number of methoxy groups -OCH3 is 1. The number of hydrogen-bond donors (Lipinski definition) is 2. The molecule has 0 amide bonds. The average Bonchev–Trinajstić information content (AvgIpc) is 2.68. The van der Waals surface area contributed by atoms with E-state index < -0.39 is 0 Å². The fraction of sp³-hybridized carbons (Fsp3) is 0.385. The van der Waals surface area contributed by atoms with Crippen molar-refractivity contribution in [3.05, 3.63) is 30.0 Å². The Balaban J connectivity index is 2.54. The summed E-state index contributed by atoms with van der Waals surface area (Å²) in [4.78, 5) is 0. The molecular weight excluding hydrogens is 214 g/mol. The van der Waals surface area contributed by atoms with Crippen LogP contribution in [0.3, 0.4) is 0 Å². The maximum absolute atomic E-state index is 5.64. The summed E-state index contributed by atoms with van der Waals surface area (Å²) >= 11 is 0. The van der Waals surface area contributed by atoms with Crippen molar-refractivity contribution in [2.24, 2.45) is 11.5 Å². The third-order valence-electron chi connectivity index (χ3n) is 2.95. The predicted octanol–water partition coefficient (Wildman–Crippen LogP) is 1.11. The van der Waals surface area contributed by atoms with Gasteiger partial charge in [0.2, 0.25) is 0 Å². The molecule has 1 heterocycles. The van der Waals surface area contributed by atoms with E-state index in [1.54, 1.807) is 7.11 Å². The van der Waals surface area contributed by atoms with Gasteiger partial charge in [0.05, 0.1) is 7.11 Å². The van der Waals surface area contributed by atoms with Gasteiger partial charge in [-0.15, -0.1) is 0 Å². The van der Waals surface area contributed by atoms with E-state index >= 15 is 0 Å². The number of fused-ring (bicyclic) bond motifs is 1. The highest BCUT2D eigenvalue weighted by molar-refractivity contribution is 5.85. The molecule has 0 aliphatic rings. The Hall–Kier alpha value is -1.52. The third-order valence-corrected chi connectivity index (χ3v) is 2.95. The van der Waals surface area contributed by atoms with Gasteiger partial charge in [0.1, 0.15) is 5.75 Å². The van der Waals surface area contributed by atoms with Gasteiger partial charge >= 0.3 is 0 Å². The summed E-state index contributed by atoms with van der Waals surface area (Å²) in [7, 11) is 1.68. The summed E-state index contributed by atoms with van der Waals surface area (Å²) in [6.07, 6.45) is 3.02. The van der Waals surface area contributed by atoms with Crippen molar-refractivity contribution < 1.29 is 4.74 Å². The second-order valence-electron chi connectivity index (χ2n) is 4.06. The SMILES string of the molecule is COc1ccc2c(c1)c(CCN)cn2CCN. The number of aromatic nitrogens is 1. The molecule has 0 saturated carbocycles. The van der Waals surface area contributed by atoms with E-state index in [1.165, 1.54) is 16.5 Å².